The maximum atomic E-state index is 4.42. The van der Waals surface area contributed by atoms with Crippen LogP contribution in [0.1, 0.15) is 18.5 Å². The highest BCUT2D eigenvalue weighted by molar-refractivity contribution is 5.38. The topological polar surface area (TPSA) is 56.8 Å². The van der Waals surface area contributed by atoms with Gasteiger partial charge in [-0.2, -0.15) is 0 Å². The van der Waals surface area contributed by atoms with Gasteiger partial charge in [-0.3, -0.25) is 0 Å². The van der Waals surface area contributed by atoms with Crippen LogP contribution < -0.4 is 10.2 Å². The van der Waals surface area contributed by atoms with Crippen LogP contribution in [-0.2, 0) is 6.42 Å². The summed E-state index contributed by atoms with van der Waals surface area (Å²) in [6, 6.07) is 6.73. The number of aromatic amines is 1. The Kier molecular flexibility index (Phi) is 4.28. The van der Waals surface area contributed by atoms with E-state index in [0.717, 1.165) is 31.9 Å². The largest absolute Gasteiger partial charge is 0.357 e. The van der Waals surface area contributed by atoms with E-state index in [4.69, 9.17) is 0 Å². The molecule has 3 heterocycles. The van der Waals surface area contributed by atoms with E-state index in [9.17, 15) is 0 Å². The lowest BCUT2D eigenvalue weighted by molar-refractivity contribution is 0.416. The summed E-state index contributed by atoms with van der Waals surface area (Å²) in [7, 11) is 0. The van der Waals surface area contributed by atoms with Crippen molar-refractivity contribution in [2.24, 2.45) is 0 Å². The molecule has 106 valence electrons. The van der Waals surface area contributed by atoms with Crippen molar-refractivity contribution in [1.29, 1.82) is 0 Å². The number of imidazole rings is 1. The highest BCUT2D eigenvalue weighted by Crippen LogP contribution is 2.17. The fraction of sp³-hybridized carbons (Fsp3) is 0.467. The lowest BCUT2D eigenvalue weighted by Gasteiger charge is -2.33. The molecule has 2 aromatic heterocycles. The molecule has 1 saturated heterocycles. The maximum Gasteiger partial charge on any atom is 0.128 e. The van der Waals surface area contributed by atoms with Crippen LogP contribution in [0.2, 0.25) is 0 Å². The molecule has 0 amide bonds. The summed E-state index contributed by atoms with van der Waals surface area (Å²) in [5.74, 6) is 1.10. The number of nitrogens with zero attached hydrogens (tertiary/aromatic N) is 3. The predicted molar refractivity (Wildman–Crippen MR) is 79.8 cm³/mol. The number of hydrogen-bond acceptors (Lipinski definition) is 4. The van der Waals surface area contributed by atoms with Crippen molar-refractivity contribution in [3.8, 4) is 0 Å². The van der Waals surface area contributed by atoms with E-state index in [0.29, 0.717) is 6.04 Å². The van der Waals surface area contributed by atoms with Gasteiger partial charge in [0.15, 0.2) is 0 Å². The van der Waals surface area contributed by atoms with Gasteiger partial charge in [0.2, 0.25) is 0 Å². The molecule has 0 bridgehead atoms. The first-order chi connectivity index (χ1) is 9.92. The highest BCUT2D eigenvalue weighted by atomic mass is 15.2. The third kappa shape index (κ3) is 3.36. The van der Waals surface area contributed by atoms with Gasteiger partial charge < -0.3 is 15.2 Å². The van der Waals surface area contributed by atoms with Crippen LogP contribution in [0.5, 0.6) is 0 Å². The zero-order valence-corrected chi connectivity index (χ0v) is 11.6. The molecule has 2 aromatic rings. The van der Waals surface area contributed by atoms with Crippen LogP contribution in [0, 0.1) is 0 Å². The van der Waals surface area contributed by atoms with Crippen LogP contribution in [-0.4, -0.2) is 40.6 Å². The van der Waals surface area contributed by atoms with Gasteiger partial charge in [0.25, 0.3) is 0 Å². The fourth-order valence-electron chi connectivity index (χ4n) is 2.69. The Morgan fingerprint density at radius 1 is 1.30 bits per heavy atom. The molecule has 3 rings (SSSR count). The molecule has 0 atom stereocenters. The molecule has 0 aromatic carbocycles. The summed E-state index contributed by atoms with van der Waals surface area (Å²) in [5.41, 5.74) is 1.20. The molecule has 2 N–H and O–H groups in total. The Balaban J connectivity index is 1.40. The van der Waals surface area contributed by atoms with E-state index < -0.39 is 0 Å². The summed E-state index contributed by atoms with van der Waals surface area (Å²) in [6.07, 6.45) is 8.87. The fourth-order valence-corrected chi connectivity index (χ4v) is 2.69. The number of hydrogen-bond donors (Lipinski definition) is 2. The second-order valence-electron chi connectivity index (χ2n) is 5.23. The molecule has 0 spiro atoms. The van der Waals surface area contributed by atoms with Gasteiger partial charge in [-0.15, -0.1) is 0 Å². The minimum Gasteiger partial charge on any atom is -0.357 e. The first-order valence-corrected chi connectivity index (χ1v) is 7.28. The van der Waals surface area contributed by atoms with E-state index in [2.05, 4.69) is 37.3 Å². The Labute approximate surface area is 119 Å². The summed E-state index contributed by atoms with van der Waals surface area (Å²) in [5, 5.41) is 3.64. The Hall–Kier alpha value is -1.88. The van der Waals surface area contributed by atoms with Gasteiger partial charge in [-0.25, -0.2) is 9.97 Å². The Morgan fingerprint density at radius 2 is 2.20 bits per heavy atom. The van der Waals surface area contributed by atoms with Crippen molar-refractivity contribution in [2.45, 2.75) is 25.3 Å². The molecule has 5 nitrogen and oxygen atoms in total. The number of anilines is 1. The van der Waals surface area contributed by atoms with Crippen molar-refractivity contribution in [3.05, 3.63) is 42.6 Å². The van der Waals surface area contributed by atoms with Crippen LogP contribution in [0.15, 0.2) is 36.9 Å². The molecule has 20 heavy (non-hydrogen) atoms. The van der Waals surface area contributed by atoms with Gasteiger partial charge in [-0.1, -0.05) is 6.07 Å². The number of piperidine rings is 1. The molecule has 0 saturated carbocycles. The van der Waals surface area contributed by atoms with Crippen LogP contribution in [0.25, 0.3) is 0 Å². The monoisotopic (exact) mass is 271 g/mol. The van der Waals surface area contributed by atoms with Gasteiger partial charge in [-0.05, 0) is 25.0 Å². The normalized spacial score (nSPS) is 16.5. The van der Waals surface area contributed by atoms with Crippen LogP contribution >= 0.6 is 0 Å². The maximum absolute atomic E-state index is 4.42. The number of nitrogens with one attached hydrogen (secondary N) is 2. The van der Waals surface area contributed by atoms with Gasteiger partial charge in [0.05, 0.1) is 6.33 Å². The quantitative estimate of drug-likeness (QED) is 0.867. The zero-order valence-electron chi connectivity index (χ0n) is 11.6. The van der Waals surface area contributed by atoms with E-state index in [1.807, 2.05) is 18.5 Å². The molecular formula is C15H21N5. The van der Waals surface area contributed by atoms with E-state index >= 15 is 0 Å². The molecule has 0 unspecified atom stereocenters. The van der Waals surface area contributed by atoms with Gasteiger partial charge >= 0.3 is 0 Å². The van der Waals surface area contributed by atoms with E-state index in [1.54, 1.807) is 6.33 Å². The summed E-state index contributed by atoms with van der Waals surface area (Å²) < 4.78 is 0. The second kappa shape index (κ2) is 6.52. The van der Waals surface area contributed by atoms with Crippen molar-refractivity contribution >= 4 is 5.82 Å². The third-order valence-corrected chi connectivity index (χ3v) is 3.85. The van der Waals surface area contributed by atoms with Crippen molar-refractivity contribution in [2.75, 3.05) is 24.5 Å². The molecule has 5 heteroatoms. The summed E-state index contributed by atoms with van der Waals surface area (Å²) >= 11 is 0. The Morgan fingerprint density at radius 3 is 2.90 bits per heavy atom. The first-order valence-electron chi connectivity index (χ1n) is 7.28. The lowest BCUT2D eigenvalue weighted by Crippen LogP contribution is -2.43. The second-order valence-corrected chi connectivity index (χ2v) is 5.23. The average molecular weight is 271 g/mol. The molecule has 1 aliphatic heterocycles. The number of pyridine rings is 1. The smallest absolute Gasteiger partial charge is 0.128 e. The first kappa shape index (κ1) is 13.1. The Bertz CT molecular complexity index is 488. The summed E-state index contributed by atoms with van der Waals surface area (Å²) in [6.45, 7) is 3.17. The molecule has 0 aliphatic carbocycles. The molecule has 1 aliphatic rings. The number of rotatable bonds is 5. The SMILES string of the molecule is c1ccc(N2CCC(NCCc3cnc[nH]3)CC2)nc1. The third-order valence-electron chi connectivity index (χ3n) is 3.85. The van der Waals surface area contributed by atoms with Crippen molar-refractivity contribution < 1.29 is 0 Å². The number of H-pyrrole nitrogens is 1. The average Bonchev–Trinajstić information content (AvgIpc) is 3.02. The van der Waals surface area contributed by atoms with Crippen molar-refractivity contribution in [1.82, 2.24) is 20.3 Å². The number of aromatic nitrogens is 3. The van der Waals surface area contributed by atoms with Crippen LogP contribution in [0.3, 0.4) is 0 Å². The molecular weight excluding hydrogens is 250 g/mol. The predicted octanol–water partition coefficient (Wildman–Crippen LogP) is 1.61. The van der Waals surface area contributed by atoms with E-state index in [1.165, 1.54) is 18.5 Å². The highest BCUT2D eigenvalue weighted by Gasteiger charge is 2.19. The standard InChI is InChI=1S/C15H21N5/c1-2-7-18-15(3-1)20-9-5-13(6-10-20)17-8-4-14-11-16-12-19-14/h1-3,7,11-13,17H,4-6,8-10H2,(H,16,19). The van der Waals surface area contributed by atoms with E-state index in [-0.39, 0.29) is 0 Å². The molecule has 0 radical (unpaired) electrons. The van der Waals surface area contributed by atoms with Gasteiger partial charge in [0.1, 0.15) is 5.82 Å². The zero-order chi connectivity index (χ0) is 13.6. The lowest BCUT2D eigenvalue weighted by atomic mass is 10.0. The van der Waals surface area contributed by atoms with Gasteiger partial charge in [0, 0.05) is 50.2 Å². The minimum absolute atomic E-state index is 0.623. The minimum atomic E-state index is 0.623. The molecule has 1 fully saturated rings. The summed E-state index contributed by atoms with van der Waals surface area (Å²) in [4.78, 5) is 14.0. The van der Waals surface area contributed by atoms with Crippen molar-refractivity contribution in [3.63, 3.8) is 0 Å². The van der Waals surface area contributed by atoms with Crippen LogP contribution in [0.4, 0.5) is 5.82 Å².